The number of benzene rings is 1. The highest BCUT2D eigenvalue weighted by Gasteiger charge is 2.33. The fraction of sp³-hybridized carbons (Fsp3) is 0.600. The number of fused-ring (bicyclic) bond motifs is 1. The van der Waals surface area contributed by atoms with Crippen molar-refractivity contribution in [2.75, 3.05) is 34.0 Å². The van der Waals surface area contributed by atoms with Gasteiger partial charge < -0.3 is 19.7 Å². The summed E-state index contributed by atoms with van der Waals surface area (Å²) in [6.07, 6.45) is 3.51. The molecule has 1 aromatic rings. The van der Waals surface area contributed by atoms with Crippen LogP contribution in [0.5, 0.6) is 11.5 Å². The van der Waals surface area contributed by atoms with E-state index in [2.05, 4.69) is 36.4 Å². The number of hydrogen-bond acceptors (Lipinski definition) is 4. The third-order valence-corrected chi connectivity index (χ3v) is 4.28. The Morgan fingerprint density at radius 2 is 2.16 bits per heavy atom. The van der Waals surface area contributed by atoms with E-state index in [-0.39, 0.29) is 5.54 Å². The molecule has 4 nitrogen and oxygen atoms in total. The highest BCUT2D eigenvalue weighted by atomic mass is 16.7. The monoisotopic (exact) mass is 262 g/mol. The molecule has 4 heteroatoms. The standard InChI is InChI=1S/C15H22N2O2/c1-16-15(6-3-7-17(2)10-15)9-12-4-5-13-14(8-12)19-11-18-13/h4-5,8,16H,3,6-7,9-11H2,1-2H3. The topological polar surface area (TPSA) is 33.7 Å². The highest BCUT2D eigenvalue weighted by Crippen LogP contribution is 2.34. The Kier molecular flexibility index (Phi) is 3.37. The smallest absolute Gasteiger partial charge is 0.231 e. The van der Waals surface area contributed by atoms with Gasteiger partial charge in [0.2, 0.25) is 6.79 Å². The fourth-order valence-corrected chi connectivity index (χ4v) is 3.24. The van der Waals surface area contributed by atoms with Gasteiger partial charge in [0, 0.05) is 12.1 Å². The molecule has 0 radical (unpaired) electrons. The van der Waals surface area contributed by atoms with Crippen LogP contribution in [-0.4, -0.2) is 44.4 Å². The number of nitrogens with zero attached hydrogens (tertiary/aromatic N) is 1. The zero-order chi connectivity index (χ0) is 13.3. The molecule has 2 aliphatic rings. The molecular formula is C15H22N2O2. The lowest BCUT2D eigenvalue weighted by Gasteiger charge is -2.41. The molecule has 1 aromatic carbocycles. The van der Waals surface area contributed by atoms with E-state index in [0.717, 1.165) is 24.5 Å². The van der Waals surface area contributed by atoms with Gasteiger partial charge in [-0.3, -0.25) is 0 Å². The Morgan fingerprint density at radius 1 is 1.32 bits per heavy atom. The molecule has 1 atom stereocenters. The molecule has 0 amide bonds. The average Bonchev–Trinajstić information content (AvgIpc) is 2.86. The van der Waals surface area contributed by atoms with Crippen molar-refractivity contribution in [1.29, 1.82) is 0 Å². The SMILES string of the molecule is CNC1(Cc2ccc3c(c2)OCO3)CCCN(C)C1. The van der Waals surface area contributed by atoms with E-state index in [0.29, 0.717) is 6.79 Å². The number of hydrogen-bond donors (Lipinski definition) is 1. The largest absolute Gasteiger partial charge is 0.454 e. The summed E-state index contributed by atoms with van der Waals surface area (Å²) in [5.41, 5.74) is 1.50. The first-order valence-electron chi connectivity index (χ1n) is 6.97. The van der Waals surface area contributed by atoms with E-state index in [1.54, 1.807) is 0 Å². The number of piperidine rings is 1. The summed E-state index contributed by atoms with van der Waals surface area (Å²) in [5.74, 6) is 1.75. The van der Waals surface area contributed by atoms with Gasteiger partial charge in [-0.25, -0.2) is 0 Å². The molecule has 2 aliphatic heterocycles. The first kappa shape index (κ1) is 12.8. The van der Waals surface area contributed by atoms with Crippen molar-refractivity contribution in [1.82, 2.24) is 10.2 Å². The third-order valence-electron chi connectivity index (χ3n) is 4.28. The van der Waals surface area contributed by atoms with Crippen molar-refractivity contribution in [2.24, 2.45) is 0 Å². The second kappa shape index (κ2) is 5.02. The Labute approximate surface area is 114 Å². The molecule has 1 fully saturated rings. The van der Waals surface area contributed by atoms with E-state index in [1.165, 1.54) is 24.9 Å². The number of nitrogens with one attached hydrogen (secondary N) is 1. The van der Waals surface area contributed by atoms with Crippen molar-refractivity contribution in [2.45, 2.75) is 24.8 Å². The predicted octanol–water partition coefficient (Wildman–Crippen LogP) is 1.64. The molecule has 0 bridgehead atoms. The van der Waals surface area contributed by atoms with Crippen molar-refractivity contribution in [3.8, 4) is 11.5 Å². The van der Waals surface area contributed by atoms with Gasteiger partial charge in [0.05, 0.1) is 0 Å². The average molecular weight is 262 g/mol. The molecule has 0 aliphatic carbocycles. The third kappa shape index (κ3) is 2.55. The van der Waals surface area contributed by atoms with Crippen LogP contribution in [0.15, 0.2) is 18.2 Å². The van der Waals surface area contributed by atoms with Crippen LogP contribution in [-0.2, 0) is 6.42 Å². The van der Waals surface area contributed by atoms with Crippen LogP contribution in [0.2, 0.25) is 0 Å². The summed E-state index contributed by atoms with van der Waals surface area (Å²) in [6, 6.07) is 6.30. The molecule has 0 spiro atoms. The van der Waals surface area contributed by atoms with Crippen LogP contribution >= 0.6 is 0 Å². The zero-order valence-electron chi connectivity index (χ0n) is 11.7. The van der Waals surface area contributed by atoms with E-state index < -0.39 is 0 Å². The summed E-state index contributed by atoms with van der Waals surface area (Å²) in [5, 5.41) is 3.55. The van der Waals surface area contributed by atoms with Gasteiger partial charge in [0.25, 0.3) is 0 Å². The summed E-state index contributed by atoms with van der Waals surface area (Å²) in [7, 11) is 4.27. The minimum absolute atomic E-state index is 0.181. The van der Waals surface area contributed by atoms with Gasteiger partial charge in [-0.15, -0.1) is 0 Å². The summed E-state index contributed by atoms with van der Waals surface area (Å²) < 4.78 is 10.8. The summed E-state index contributed by atoms with van der Waals surface area (Å²) in [4.78, 5) is 2.41. The predicted molar refractivity (Wildman–Crippen MR) is 74.8 cm³/mol. The van der Waals surface area contributed by atoms with Crippen LogP contribution in [0.25, 0.3) is 0 Å². The van der Waals surface area contributed by atoms with Crippen LogP contribution in [0, 0.1) is 0 Å². The number of likely N-dealkylation sites (tertiary alicyclic amines) is 1. The second-order valence-electron chi connectivity index (χ2n) is 5.74. The maximum absolute atomic E-state index is 5.46. The van der Waals surface area contributed by atoms with Gasteiger partial charge in [0.1, 0.15) is 0 Å². The molecule has 19 heavy (non-hydrogen) atoms. The Bertz CT molecular complexity index is 463. The van der Waals surface area contributed by atoms with Crippen molar-refractivity contribution in [3.63, 3.8) is 0 Å². The first-order valence-corrected chi connectivity index (χ1v) is 6.97. The van der Waals surface area contributed by atoms with Crippen molar-refractivity contribution >= 4 is 0 Å². The molecular weight excluding hydrogens is 240 g/mol. The van der Waals surface area contributed by atoms with E-state index in [1.807, 2.05) is 6.07 Å². The molecule has 2 heterocycles. The van der Waals surface area contributed by atoms with Gasteiger partial charge in [-0.2, -0.15) is 0 Å². The molecule has 104 valence electrons. The maximum atomic E-state index is 5.46. The first-order chi connectivity index (χ1) is 9.21. The number of rotatable bonds is 3. The molecule has 3 rings (SSSR count). The Hall–Kier alpha value is -1.26. The van der Waals surface area contributed by atoms with Gasteiger partial charge in [-0.1, -0.05) is 6.07 Å². The molecule has 1 saturated heterocycles. The van der Waals surface area contributed by atoms with Crippen molar-refractivity contribution in [3.05, 3.63) is 23.8 Å². The summed E-state index contributed by atoms with van der Waals surface area (Å²) >= 11 is 0. The van der Waals surface area contributed by atoms with Crippen LogP contribution < -0.4 is 14.8 Å². The maximum Gasteiger partial charge on any atom is 0.231 e. The minimum atomic E-state index is 0.181. The van der Waals surface area contributed by atoms with Crippen LogP contribution in [0.3, 0.4) is 0 Å². The van der Waals surface area contributed by atoms with E-state index in [4.69, 9.17) is 9.47 Å². The zero-order valence-corrected chi connectivity index (χ0v) is 11.7. The minimum Gasteiger partial charge on any atom is -0.454 e. The van der Waals surface area contributed by atoms with Gasteiger partial charge in [0.15, 0.2) is 11.5 Å². The Morgan fingerprint density at radius 3 is 2.95 bits per heavy atom. The van der Waals surface area contributed by atoms with E-state index >= 15 is 0 Å². The molecule has 0 aromatic heterocycles. The lowest BCUT2D eigenvalue weighted by Crippen LogP contribution is -2.56. The molecule has 0 saturated carbocycles. The number of ether oxygens (including phenoxy) is 2. The molecule has 1 N–H and O–H groups in total. The summed E-state index contributed by atoms with van der Waals surface area (Å²) in [6.45, 7) is 2.64. The normalized spacial score (nSPS) is 26.6. The second-order valence-corrected chi connectivity index (χ2v) is 5.74. The molecule has 1 unspecified atom stereocenters. The number of likely N-dealkylation sites (N-methyl/N-ethyl adjacent to an activating group) is 2. The van der Waals surface area contributed by atoms with Crippen LogP contribution in [0.4, 0.5) is 0 Å². The highest BCUT2D eigenvalue weighted by molar-refractivity contribution is 5.44. The lowest BCUT2D eigenvalue weighted by atomic mass is 9.83. The fourth-order valence-electron chi connectivity index (χ4n) is 3.24. The van der Waals surface area contributed by atoms with Gasteiger partial charge >= 0.3 is 0 Å². The van der Waals surface area contributed by atoms with Crippen LogP contribution in [0.1, 0.15) is 18.4 Å². The van der Waals surface area contributed by atoms with Crippen molar-refractivity contribution < 1.29 is 9.47 Å². The van der Waals surface area contributed by atoms with Gasteiger partial charge in [-0.05, 0) is 57.6 Å². The van der Waals surface area contributed by atoms with E-state index in [9.17, 15) is 0 Å². The lowest BCUT2D eigenvalue weighted by molar-refractivity contribution is 0.151. The quantitative estimate of drug-likeness (QED) is 0.898. The Balaban J connectivity index is 1.79.